The van der Waals surface area contributed by atoms with E-state index >= 15 is 0 Å². The molecule has 0 atom stereocenters. The quantitative estimate of drug-likeness (QED) is 0.703. The highest BCUT2D eigenvalue weighted by Crippen LogP contribution is 2.27. The fourth-order valence-corrected chi connectivity index (χ4v) is 1.33. The van der Waals surface area contributed by atoms with Gasteiger partial charge >= 0.3 is 0 Å². The van der Waals surface area contributed by atoms with Crippen molar-refractivity contribution in [3.8, 4) is 5.75 Å². The molecule has 0 fully saturated rings. The number of hydrogen-bond acceptors (Lipinski definition) is 3. The molecule has 0 aliphatic heterocycles. The van der Waals surface area contributed by atoms with Crippen molar-refractivity contribution in [3.63, 3.8) is 0 Å². The van der Waals surface area contributed by atoms with E-state index in [1.807, 2.05) is 6.92 Å². The highest BCUT2D eigenvalue weighted by atomic mass is 16.5. The Balaban J connectivity index is 3.35. The highest BCUT2D eigenvalue weighted by molar-refractivity contribution is 5.97. The number of benzene rings is 1. The number of primary amides is 1. The minimum atomic E-state index is -0.524. The Morgan fingerprint density at radius 1 is 1.50 bits per heavy atom. The Bertz CT molecular complexity index is 361. The first-order valence-electron chi connectivity index (χ1n) is 4.36. The van der Waals surface area contributed by atoms with E-state index in [-0.39, 0.29) is 0 Å². The average molecular weight is 194 g/mol. The molecule has 0 aromatic heterocycles. The van der Waals surface area contributed by atoms with Crippen molar-refractivity contribution in [1.82, 2.24) is 0 Å². The molecule has 1 aromatic rings. The molecule has 0 bridgehead atoms. The predicted molar refractivity (Wildman–Crippen MR) is 55.3 cm³/mol. The predicted octanol–water partition coefficient (Wildman–Crippen LogP) is 0.939. The second kappa shape index (κ2) is 4.00. The van der Waals surface area contributed by atoms with Crippen molar-refractivity contribution in [1.29, 1.82) is 0 Å². The van der Waals surface area contributed by atoms with Gasteiger partial charge in [0.1, 0.15) is 0 Å². The number of aryl methyl sites for hydroxylation is 1. The van der Waals surface area contributed by atoms with Crippen LogP contribution >= 0.6 is 0 Å². The molecule has 4 N–H and O–H groups in total. The molecule has 76 valence electrons. The fraction of sp³-hybridized carbons (Fsp3) is 0.300. The maximum absolute atomic E-state index is 11.1. The SMILES string of the molecule is CCc1cc(N)c(OC)c(C(N)=O)c1. The second-order valence-corrected chi connectivity index (χ2v) is 2.98. The first-order chi connectivity index (χ1) is 6.60. The van der Waals surface area contributed by atoms with Crippen LogP contribution in [0.3, 0.4) is 0 Å². The Morgan fingerprint density at radius 3 is 2.57 bits per heavy atom. The summed E-state index contributed by atoms with van der Waals surface area (Å²) in [5, 5.41) is 0. The van der Waals surface area contributed by atoms with E-state index in [1.54, 1.807) is 12.1 Å². The van der Waals surface area contributed by atoms with Gasteiger partial charge in [0.2, 0.25) is 0 Å². The van der Waals surface area contributed by atoms with E-state index < -0.39 is 5.91 Å². The van der Waals surface area contributed by atoms with Crippen LogP contribution in [-0.2, 0) is 6.42 Å². The van der Waals surface area contributed by atoms with Gasteiger partial charge in [-0.15, -0.1) is 0 Å². The van der Waals surface area contributed by atoms with Crippen LogP contribution in [0.4, 0.5) is 5.69 Å². The molecule has 0 unspecified atom stereocenters. The van der Waals surface area contributed by atoms with E-state index in [4.69, 9.17) is 16.2 Å². The lowest BCUT2D eigenvalue weighted by molar-refractivity contribution is 0.0997. The molecule has 0 aliphatic carbocycles. The van der Waals surface area contributed by atoms with Gasteiger partial charge in [-0.05, 0) is 24.1 Å². The molecule has 0 radical (unpaired) electrons. The van der Waals surface area contributed by atoms with Gasteiger partial charge in [-0.2, -0.15) is 0 Å². The topological polar surface area (TPSA) is 78.3 Å². The van der Waals surface area contributed by atoms with Crippen LogP contribution in [0, 0.1) is 0 Å². The van der Waals surface area contributed by atoms with Crippen molar-refractivity contribution in [2.75, 3.05) is 12.8 Å². The molecule has 1 aromatic carbocycles. The maximum atomic E-state index is 11.1. The first kappa shape index (κ1) is 10.4. The lowest BCUT2D eigenvalue weighted by Gasteiger charge is -2.10. The van der Waals surface area contributed by atoms with Crippen LogP contribution < -0.4 is 16.2 Å². The summed E-state index contributed by atoms with van der Waals surface area (Å²) in [7, 11) is 1.46. The van der Waals surface area contributed by atoms with Gasteiger partial charge in [0, 0.05) is 0 Å². The summed E-state index contributed by atoms with van der Waals surface area (Å²) in [4.78, 5) is 11.1. The van der Waals surface area contributed by atoms with Crippen LogP contribution in [0.5, 0.6) is 5.75 Å². The molecule has 0 aliphatic rings. The Kier molecular flexibility index (Phi) is 2.96. The van der Waals surface area contributed by atoms with Gasteiger partial charge in [-0.25, -0.2) is 0 Å². The largest absolute Gasteiger partial charge is 0.494 e. The summed E-state index contributed by atoms with van der Waals surface area (Å²) in [6.07, 6.45) is 0.800. The third-order valence-electron chi connectivity index (χ3n) is 2.06. The van der Waals surface area contributed by atoms with Gasteiger partial charge in [-0.1, -0.05) is 6.92 Å². The second-order valence-electron chi connectivity index (χ2n) is 2.98. The number of carbonyl (C=O) groups excluding carboxylic acids is 1. The van der Waals surface area contributed by atoms with E-state index in [1.165, 1.54) is 7.11 Å². The summed E-state index contributed by atoms with van der Waals surface area (Å²) in [6, 6.07) is 3.49. The van der Waals surface area contributed by atoms with Crippen molar-refractivity contribution >= 4 is 11.6 Å². The molecule has 14 heavy (non-hydrogen) atoms. The van der Waals surface area contributed by atoms with Gasteiger partial charge in [0.25, 0.3) is 5.91 Å². The summed E-state index contributed by atoms with van der Waals surface area (Å²) < 4.78 is 5.01. The smallest absolute Gasteiger partial charge is 0.252 e. The van der Waals surface area contributed by atoms with Crippen LogP contribution in [0.1, 0.15) is 22.8 Å². The number of methoxy groups -OCH3 is 1. The van der Waals surface area contributed by atoms with Crippen molar-refractivity contribution in [2.45, 2.75) is 13.3 Å². The summed E-state index contributed by atoms with van der Waals surface area (Å²) in [5.74, 6) is -0.168. The number of hydrogen-bond donors (Lipinski definition) is 2. The van der Waals surface area contributed by atoms with Crippen LogP contribution in [0.2, 0.25) is 0 Å². The van der Waals surface area contributed by atoms with Gasteiger partial charge in [0.05, 0.1) is 18.4 Å². The molecule has 0 saturated carbocycles. The van der Waals surface area contributed by atoms with Gasteiger partial charge < -0.3 is 16.2 Å². The number of nitrogen functional groups attached to an aromatic ring is 1. The zero-order valence-electron chi connectivity index (χ0n) is 8.33. The number of nitrogens with two attached hydrogens (primary N) is 2. The summed E-state index contributed by atoms with van der Waals surface area (Å²) in [5.41, 5.74) is 12.7. The minimum Gasteiger partial charge on any atom is -0.494 e. The number of carbonyl (C=O) groups is 1. The Labute approximate surface area is 82.8 Å². The molecule has 4 heteroatoms. The fourth-order valence-electron chi connectivity index (χ4n) is 1.33. The molecule has 1 amide bonds. The Hall–Kier alpha value is -1.71. The zero-order chi connectivity index (χ0) is 10.7. The summed E-state index contributed by atoms with van der Waals surface area (Å²) in [6.45, 7) is 1.98. The monoisotopic (exact) mass is 194 g/mol. The highest BCUT2D eigenvalue weighted by Gasteiger charge is 2.13. The van der Waals surface area contributed by atoms with Crippen LogP contribution in [0.25, 0.3) is 0 Å². The molecule has 1 rings (SSSR count). The molecule has 4 nitrogen and oxygen atoms in total. The lowest BCUT2D eigenvalue weighted by Crippen LogP contribution is -2.14. The molecular formula is C10H14N2O2. The van der Waals surface area contributed by atoms with Crippen molar-refractivity contribution in [2.24, 2.45) is 5.73 Å². The van der Waals surface area contributed by atoms with Crippen LogP contribution in [0.15, 0.2) is 12.1 Å². The standard InChI is InChI=1S/C10H14N2O2/c1-3-6-4-7(10(12)13)9(14-2)8(11)5-6/h4-5H,3,11H2,1-2H3,(H2,12,13). The van der Waals surface area contributed by atoms with Crippen molar-refractivity contribution in [3.05, 3.63) is 23.3 Å². The number of ether oxygens (including phenoxy) is 1. The zero-order valence-corrected chi connectivity index (χ0v) is 8.33. The third kappa shape index (κ3) is 1.79. The average Bonchev–Trinajstić information content (AvgIpc) is 2.16. The van der Waals surface area contributed by atoms with Gasteiger partial charge in [-0.3, -0.25) is 4.79 Å². The van der Waals surface area contributed by atoms with E-state index in [0.29, 0.717) is 17.0 Å². The first-order valence-corrected chi connectivity index (χ1v) is 4.36. The van der Waals surface area contributed by atoms with Crippen LogP contribution in [-0.4, -0.2) is 13.0 Å². The van der Waals surface area contributed by atoms with Gasteiger partial charge in [0.15, 0.2) is 5.75 Å². The minimum absolute atomic E-state index is 0.337. The molecular weight excluding hydrogens is 180 g/mol. The van der Waals surface area contributed by atoms with Crippen molar-refractivity contribution < 1.29 is 9.53 Å². The number of anilines is 1. The number of rotatable bonds is 3. The molecule has 0 spiro atoms. The summed E-state index contributed by atoms with van der Waals surface area (Å²) >= 11 is 0. The molecule has 0 heterocycles. The third-order valence-corrected chi connectivity index (χ3v) is 2.06. The van der Waals surface area contributed by atoms with E-state index in [0.717, 1.165) is 12.0 Å². The van der Waals surface area contributed by atoms with E-state index in [9.17, 15) is 4.79 Å². The molecule has 0 saturated heterocycles. The normalized spacial score (nSPS) is 9.86. The number of amides is 1. The Morgan fingerprint density at radius 2 is 2.14 bits per heavy atom. The lowest BCUT2D eigenvalue weighted by atomic mass is 10.1. The maximum Gasteiger partial charge on any atom is 0.252 e. The van der Waals surface area contributed by atoms with E-state index in [2.05, 4.69) is 0 Å².